The SMILES string of the molecule is CCCCOC[C@H]1O[C@H](C(F)(F)CC(C(=O)OCC)[N+](=O)[O-])[C@H](OCCCC)[C@@H](OCCCC)[C@H]1OCCCC. The Morgan fingerprint density at radius 2 is 1.35 bits per heavy atom. The second-order valence-corrected chi connectivity index (χ2v) is 10.1. The minimum Gasteiger partial charge on any atom is -0.461 e. The smallest absolute Gasteiger partial charge is 0.381 e. The number of hydrogen-bond donors (Lipinski definition) is 0. The number of nitro groups is 1. The Morgan fingerprint density at radius 1 is 0.850 bits per heavy atom. The van der Waals surface area contributed by atoms with Crippen molar-refractivity contribution in [3.8, 4) is 0 Å². The van der Waals surface area contributed by atoms with Crippen LogP contribution in [0.25, 0.3) is 0 Å². The van der Waals surface area contributed by atoms with E-state index in [0.717, 1.165) is 38.5 Å². The number of carbonyl (C=O) groups excluding carboxylic acids is 1. The molecule has 236 valence electrons. The molecular weight excluding hydrogens is 532 g/mol. The lowest BCUT2D eigenvalue weighted by molar-refractivity contribution is -0.517. The predicted molar refractivity (Wildman–Crippen MR) is 145 cm³/mol. The molecular formula is C28H51F2NO9. The second-order valence-electron chi connectivity index (χ2n) is 10.1. The summed E-state index contributed by atoms with van der Waals surface area (Å²) < 4.78 is 66.9. The van der Waals surface area contributed by atoms with Crippen molar-refractivity contribution in [2.24, 2.45) is 0 Å². The van der Waals surface area contributed by atoms with Crippen molar-refractivity contribution in [1.29, 1.82) is 0 Å². The molecule has 0 amide bonds. The van der Waals surface area contributed by atoms with Gasteiger partial charge in [-0.2, -0.15) is 0 Å². The molecule has 12 heteroatoms. The van der Waals surface area contributed by atoms with Crippen LogP contribution in [-0.4, -0.2) is 93.0 Å². The molecule has 1 rings (SSSR count). The zero-order valence-corrected chi connectivity index (χ0v) is 24.9. The quantitative estimate of drug-likeness (QED) is 0.0678. The molecule has 0 radical (unpaired) electrons. The van der Waals surface area contributed by atoms with Crippen molar-refractivity contribution in [1.82, 2.24) is 0 Å². The molecule has 0 aromatic carbocycles. The molecule has 1 aliphatic rings. The number of rotatable bonds is 23. The van der Waals surface area contributed by atoms with Crippen LogP contribution in [0.4, 0.5) is 8.78 Å². The molecule has 1 unspecified atom stereocenters. The maximum Gasteiger partial charge on any atom is 0.381 e. The molecule has 0 aromatic heterocycles. The van der Waals surface area contributed by atoms with Gasteiger partial charge in [-0.15, -0.1) is 0 Å². The van der Waals surface area contributed by atoms with E-state index < -0.39 is 59.8 Å². The number of esters is 1. The summed E-state index contributed by atoms with van der Waals surface area (Å²) in [5.74, 6) is -5.15. The molecule has 0 N–H and O–H groups in total. The summed E-state index contributed by atoms with van der Waals surface area (Å²) in [6.07, 6.45) is -0.994. The first-order chi connectivity index (χ1) is 19.2. The monoisotopic (exact) mass is 583 g/mol. The van der Waals surface area contributed by atoms with Gasteiger partial charge >= 0.3 is 12.0 Å². The fourth-order valence-corrected chi connectivity index (χ4v) is 4.36. The van der Waals surface area contributed by atoms with E-state index in [-0.39, 0.29) is 19.8 Å². The number of nitrogens with zero attached hydrogens (tertiary/aromatic N) is 1. The summed E-state index contributed by atoms with van der Waals surface area (Å²) >= 11 is 0. The molecule has 10 nitrogen and oxygen atoms in total. The van der Waals surface area contributed by atoms with E-state index in [1.54, 1.807) is 0 Å². The lowest BCUT2D eigenvalue weighted by Gasteiger charge is -2.48. The van der Waals surface area contributed by atoms with Crippen LogP contribution >= 0.6 is 0 Å². The fourth-order valence-electron chi connectivity index (χ4n) is 4.36. The molecule has 0 spiro atoms. The summed E-state index contributed by atoms with van der Waals surface area (Å²) in [5.41, 5.74) is 0. The Morgan fingerprint density at radius 3 is 1.85 bits per heavy atom. The highest BCUT2D eigenvalue weighted by molar-refractivity contribution is 5.74. The zero-order chi connectivity index (χ0) is 30.0. The highest BCUT2D eigenvalue weighted by Crippen LogP contribution is 2.39. The van der Waals surface area contributed by atoms with Crippen molar-refractivity contribution in [3.63, 3.8) is 0 Å². The number of unbranched alkanes of at least 4 members (excludes halogenated alkanes) is 4. The maximum absolute atomic E-state index is 16.0. The van der Waals surface area contributed by atoms with Crippen molar-refractivity contribution in [2.45, 2.75) is 135 Å². The minimum absolute atomic E-state index is 0.0186. The first-order valence-corrected chi connectivity index (χ1v) is 14.9. The molecule has 0 saturated carbocycles. The fraction of sp³-hybridized carbons (Fsp3) is 0.964. The molecule has 1 aliphatic heterocycles. The molecule has 0 aliphatic carbocycles. The summed E-state index contributed by atoms with van der Waals surface area (Å²) in [6, 6.07) is -2.26. The Kier molecular flexibility index (Phi) is 18.7. The van der Waals surface area contributed by atoms with E-state index in [0.29, 0.717) is 32.7 Å². The Labute approximate surface area is 237 Å². The number of halogens is 2. The summed E-state index contributed by atoms with van der Waals surface area (Å²) in [6.45, 7) is 10.5. The van der Waals surface area contributed by atoms with Crippen molar-refractivity contribution in [2.75, 3.05) is 39.6 Å². The topological polar surface area (TPSA) is 116 Å². The van der Waals surface area contributed by atoms with Crippen molar-refractivity contribution < 1.29 is 46.9 Å². The average Bonchev–Trinajstić information content (AvgIpc) is 2.91. The molecule has 0 aromatic rings. The molecule has 40 heavy (non-hydrogen) atoms. The van der Waals surface area contributed by atoms with Gasteiger partial charge in [-0.25, -0.2) is 13.6 Å². The largest absolute Gasteiger partial charge is 0.461 e. The van der Waals surface area contributed by atoms with Crippen LogP contribution in [-0.2, 0) is 33.2 Å². The molecule has 1 fully saturated rings. The van der Waals surface area contributed by atoms with Crippen LogP contribution < -0.4 is 0 Å². The second kappa shape index (κ2) is 20.4. The average molecular weight is 584 g/mol. The van der Waals surface area contributed by atoms with Crippen LogP contribution in [0.3, 0.4) is 0 Å². The molecule has 0 bridgehead atoms. The maximum atomic E-state index is 16.0. The lowest BCUT2D eigenvalue weighted by Crippen LogP contribution is -2.66. The van der Waals surface area contributed by atoms with Gasteiger partial charge in [-0.3, -0.25) is 10.1 Å². The summed E-state index contributed by atoms with van der Waals surface area (Å²) in [7, 11) is 0. The van der Waals surface area contributed by atoms with Gasteiger partial charge in [-0.05, 0) is 32.6 Å². The van der Waals surface area contributed by atoms with Gasteiger partial charge in [0.1, 0.15) is 24.4 Å². The van der Waals surface area contributed by atoms with Crippen LogP contribution in [0.15, 0.2) is 0 Å². The Balaban J connectivity index is 3.46. The number of ether oxygens (including phenoxy) is 6. The molecule has 1 saturated heterocycles. The standard InChI is InChI=1S/C28H51F2NO9/c1-6-11-15-35-20-22-23(37-16-12-7-2)24(38-17-13-8-3)25(39-18-14-9-4)26(40-22)28(29,30)19-21(31(33)34)27(32)36-10-5/h21-26H,6-20H2,1-5H3/t21?,22-,23+,24+,25-,26+/m1/s1. The molecule has 6 atom stereocenters. The zero-order valence-electron chi connectivity index (χ0n) is 24.9. The van der Waals surface area contributed by atoms with Gasteiger partial charge in [0.2, 0.25) is 0 Å². The number of alkyl halides is 2. The Bertz CT molecular complexity index is 701. The highest BCUT2D eigenvalue weighted by Gasteiger charge is 2.59. The number of carbonyl (C=O) groups is 1. The summed E-state index contributed by atoms with van der Waals surface area (Å²) in [4.78, 5) is 22.8. The minimum atomic E-state index is -3.83. The normalized spacial score (nSPS) is 24.1. The number of hydrogen-bond acceptors (Lipinski definition) is 9. The van der Waals surface area contributed by atoms with Crippen LogP contribution in [0.5, 0.6) is 0 Å². The van der Waals surface area contributed by atoms with E-state index in [9.17, 15) is 14.9 Å². The highest BCUT2D eigenvalue weighted by atomic mass is 19.3. The first kappa shape index (κ1) is 36.6. The van der Waals surface area contributed by atoms with Gasteiger partial charge in [0, 0.05) is 31.4 Å². The van der Waals surface area contributed by atoms with E-state index in [1.807, 2.05) is 27.7 Å². The summed E-state index contributed by atoms with van der Waals surface area (Å²) in [5, 5.41) is 11.6. The van der Waals surface area contributed by atoms with E-state index in [4.69, 9.17) is 28.4 Å². The van der Waals surface area contributed by atoms with Crippen LogP contribution in [0.2, 0.25) is 0 Å². The first-order valence-electron chi connectivity index (χ1n) is 14.9. The van der Waals surface area contributed by atoms with E-state index in [1.165, 1.54) is 6.92 Å². The predicted octanol–water partition coefficient (Wildman–Crippen LogP) is 5.36. The van der Waals surface area contributed by atoms with E-state index in [2.05, 4.69) is 0 Å². The molecule has 1 heterocycles. The van der Waals surface area contributed by atoms with Gasteiger partial charge in [0.25, 0.3) is 5.92 Å². The van der Waals surface area contributed by atoms with Gasteiger partial charge in [0.05, 0.1) is 19.6 Å². The third-order valence-electron chi connectivity index (χ3n) is 6.68. The van der Waals surface area contributed by atoms with Crippen LogP contribution in [0.1, 0.15) is 92.4 Å². The lowest BCUT2D eigenvalue weighted by atomic mass is 9.88. The Hall–Kier alpha value is -1.47. The van der Waals surface area contributed by atoms with Gasteiger partial charge < -0.3 is 28.4 Å². The van der Waals surface area contributed by atoms with Crippen molar-refractivity contribution in [3.05, 3.63) is 10.1 Å². The third-order valence-corrected chi connectivity index (χ3v) is 6.68. The van der Waals surface area contributed by atoms with Crippen LogP contribution in [0, 0.1) is 10.1 Å². The van der Waals surface area contributed by atoms with E-state index >= 15 is 8.78 Å². The van der Waals surface area contributed by atoms with Gasteiger partial charge in [0.15, 0.2) is 6.10 Å². The van der Waals surface area contributed by atoms with Gasteiger partial charge in [-0.1, -0.05) is 53.4 Å². The third kappa shape index (κ3) is 12.2. The van der Waals surface area contributed by atoms with Crippen molar-refractivity contribution >= 4 is 5.97 Å².